The van der Waals surface area contributed by atoms with Crippen molar-refractivity contribution in [2.24, 2.45) is 0 Å². The number of carbonyl (C=O) groups excluding carboxylic acids is 2. The van der Waals surface area contributed by atoms with E-state index in [2.05, 4.69) is 10.3 Å². The van der Waals surface area contributed by atoms with Crippen LogP contribution >= 0.6 is 11.6 Å². The fourth-order valence-corrected chi connectivity index (χ4v) is 2.57. The molecule has 3 aromatic rings. The molecule has 0 aliphatic carbocycles. The number of hydrogen-bond acceptors (Lipinski definition) is 5. The summed E-state index contributed by atoms with van der Waals surface area (Å²) in [7, 11) is 0. The van der Waals surface area contributed by atoms with Gasteiger partial charge in [-0.3, -0.25) is 9.59 Å². The molecule has 0 bridgehead atoms. The predicted molar refractivity (Wildman–Crippen MR) is 105 cm³/mol. The highest BCUT2D eigenvalue weighted by Crippen LogP contribution is 2.22. The number of aryl methyl sites for hydroxylation is 1. The Kier molecular flexibility index (Phi) is 6.81. The van der Waals surface area contributed by atoms with E-state index in [1.54, 1.807) is 18.3 Å². The lowest BCUT2D eigenvalue weighted by molar-refractivity contribution is -0.145. The molecule has 1 N–H and O–H groups in total. The van der Waals surface area contributed by atoms with Crippen molar-refractivity contribution in [1.29, 1.82) is 0 Å². The molecule has 28 heavy (non-hydrogen) atoms. The van der Waals surface area contributed by atoms with Crippen molar-refractivity contribution < 1.29 is 18.7 Å². The normalized spacial score (nSPS) is 10.5. The van der Waals surface area contributed by atoms with Gasteiger partial charge in [-0.2, -0.15) is 0 Å². The van der Waals surface area contributed by atoms with E-state index in [0.29, 0.717) is 23.1 Å². The number of oxazole rings is 1. The van der Waals surface area contributed by atoms with E-state index in [1.165, 1.54) is 0 Å². The monoisotopic (exact) mass is 398 g/mol. The third-order valence-electron chi connectivity index (χ3n) is 3.92. The Labute approximate surface area is 167 Å². The first-order valence-corrected chi connectivity index (χ1v) is 9.15. The van der Waals surface area contributed by atoms with Crippen LogP contribution in [0.4, 0.5) is 0 Å². The summed E-state index contributed by atoms with van der Waals surface area (Å²) >= 11 is 5.87. The zero-order valence-electron chi connectivity index (χ0n) is 15.1. The van der Waals surface area contributed by atoms with Crippen LogP contribution in [0, 0.1) is 0 Å². The molecule has 144 valence electrons. The Morgan fingerprint density at radius 1 is 1.07 bits per heavy atom. The summed E-state index contributed by atoms with van der Waals surface area (Å²) in [6.45, 7) is 0.00656. The summed E-state index contributed by atoms with van der Waals surface area (Å²) in [5.41, 5.74) is 1.75. The number of carbonyl (C=O) groups is 2. The van der Waals surface area contributed by atoms with Gasteiger partial charge in [0.2, 0.25) is 5.91 Å². The van der Waals surface area contributed by atoms with E-state index in [-0.39, 0.29) is 25.5 Å². The number of hydrogen-bond donors (Lipinski definition) is 1. The third-order valence-corrected chi connectivity index (χ3v) is 4.17. The van der Waals surface area contributed by atoms with Crippen molar-refractivity contribution in [2.45, 2.75) is 19.4 Å². The highest BCUT2D eigenvalue weighted by molar-refractivity contribution is 6.30. The summed E-state index contributed by atoms with van der Waals surface area (Å²) in [4.78, 5) is 27.8. The molecule has 0 saturated carbocycles. The van der Waals surface area contributed by atoms with Gasteiger partial charge in [-0.15, -0.1) is 0 Å². The van der Waals surface area contributed by atoms with Gasteiger partial charge in [0, 0.05) is 23.4 Å². The van der Waals surface area contributed by atoms with Crippen molar-refractivity contribution in [3.8, 4) is 11.3 Å². The van der Waals surface area contributed by atoms with E-state index >= 15 is 0 Å². The van der Waals surface area contributed by atoms with Crippen LogP contribution in [0.15, 0.2) is 65.2 Å². The summed E-state index contributed by atoms with van der Waals surface area (Å²) in [5.74, 6) is 0.296. The van der Waals surface area contributed by atoms with Crippen LogP contribution in [-0.4, -0.2) is 23.4 Å². The van der Waals surface area contributed by atoms with Crippen LogP contribution in [0.3, 0.4) is 0 Å². The molecule has 0 spiro atoms. The molecule has 0 aliphatic rings. The van der Waals surface area contributed by atoms with E-state index in [0.717, 1.165) is 11.1 Å². The largest absolute Gasteiger partial charge is 0.460 e. The smallest absolute Gasteiger partial charge is 0.325 e. The average molecular weight is 399 g/mol. The molecule has 7 heteroatoms. The van der Waals surface area contributed by atoms with Crippen molar-refractivity contribution in [3.05, 3.63) is 77.3 Å². The first-order chi connectivity index (χ1) is 13.6. The Balaban J connectivity index is 1.38. The summed E-state index contributed by atoms with van der Waals surface area (Å²) < 4.78 is 10.8. The second kappa shape index (κ2) is 9.71. The van der Waals surface area contributed by atoms with Crippen LogP contribution in [0.5, 0.6) is 0 Å². The van der Waals surface area contributed by atoms with Crippen molar-refractivity contribution >= 4 is 23.5 Å². The number of halogens is 1. The van der Waals surface area contributed by atoms with E-state index < -0.39 is 5.97 Å². The predicted octanol–water partition coefficient (Wildman–Crippen LogP) is 3.79. The van der Waals surface area contributed by atoms with Gasteiger partial charge >= 0.3 is 5.97 Å². The molecule has 0 saturated heterocycles. The second-order valence-electron chi connectivity index (χ2n) is 6.05. The SMILES string of the molecule is O=C(CCc1ncc(-c2ccc(Cl)cc2)o1)NCC(=O)OCc1ccccc1. The minimum absolute atomic E-state index is 0.159. The molecule has 0 unspecified atom stereocenters. The number of amides is 1. The molecule has 1 heterocycles. The Hall–Kier alpha value is -3.12. The number of aromatic nitrogens is 1. The lowest BCUT2D eigenvalue weighted by atomic mass is 10.2. The third kappa shape index (κ3) is 5.96. The summed E-state index contributed by atoms with van der Waals surface area (Å²) in [6.07, 6.45) is 2.10. The lowest BCUT2D eigenvalue weighted by Gasteiger charge is -2.06. The molecule has 6 nitrogen and oxygen atoms in total. The molecule has 1 amide bonds. The number of rotatable bonds is 8. The van der Waals surface area contributed by atoms with Gasteiger partial charge < -0.3 is 14.5 Å². The van der Waals surface area contributed by atoms with Gasteiger partial charge in [-0.05, 0) is 29.8 Å². The molecule has 2 aromatic carbocycles. The van der Waals surface area contributed by atoms with Crippen LogP contribution in [-0.2, 0) is 27.4 Å². The fraction of sp³-hybridized carbons (Fsp3) is 0.190. The van der Waals surface area contributed by atoms with Crippen LogP contribution in [0.2, 0.25) is 5.02 Å². The maximum Gasteiger partial charge on any atom is 0.325 e. The lowest BCUT2D eigenvalue weighted by Crippen LogP contribution is -2.30. The van der Waals surface area contributed by atoms with Gasteiger partial charge in [0.25, 0.3) is 0 Å². The number of ether oxygens (including phenoxy) is 1. The van der Waals surface area contributed by atoms with Crippen LogP contribution < -0.4 is 5.32 Å². The number of benzene rings is 2. The minimum atomic E-state index is -0.488. The molecule has 0 atom stereocenters. The first-order valence-electron chi connectivity index (χ1n) is 8.77. The highest BCUT2D eigenvalue weighted by Gasteiger charge is 2.11. The van der Waals surface area contributed by atoms with Gasteiger partial charge in [0.05, 0.1) is 6.20 Å². The standard InChI is InChI=1S/C21H19ClN2O4/c22-17-8-6-16(7-9-17)18-12-24-20(28-18)11-10-19(25)23-13-21(26)27-14-15-4-2-1-3-5-15/h1-9,12H,10-11,13-14H2,(H,23,25). The van der Waals surface area contributed by atoms with Crippen LogP contribution in [0.1, 0.15) is 17.9 Å². The zero-order chi connectivity index (χ0) is 19.8. The van der Waals surface area contributed by atoms with Gasteiger partial charge in [-0.25, -0.2) is 4.98 Å². The molecular formula is C21H19ClN2O4. The molecule has 1 aromatic heterocycles. The highest BCUT2D eigenvalue weighted by atomic mass is 35.5. The summed E-state index contributed by atoms with van der Waals surface area (Å²) in [5, 5.41) is 3.18. The molecule has 0 fully saturated rings. The van der Waals surface area contributed by atoms with Crippen molar-refractivity contribution in [2.75, 3.05) is 6.54 Å². The average Bonchev–Trinajstić information content (AvgIpc) is 3.19. The number of nitrogens with one attached hydrogen (secondary N) is 1. The summed E-state index contributed by atoms with van der Waals surface area (Å²) in [6, 6.07) is 16.5. The first kappa shape index (κ1) is 19.6. The topological polar surface area (TPSA) is 81.4 Å². The Morgan fingerprint density at radius 3 is 2.57 bits per heavy atom. The maximum atomic E-state index is 11.9. The molecule has 3 rings (SSSR count). The number of nitrogens with zero attached hydrogens (tertiary/aromatic N) is 1. The molecule has 0 aliphatic heterocycles. The molecule has 0 radical (unpaired) electrons. The fourth-order valence-electron chi connectivity index (χ4n) is 2.44. The van der Waals surface area contributed by atoms with E-state index in [4.69, 9.17) is 20.8 Å². The quantitative estimate of drug-likeness (QED) is 0.584. The van der Waals surface area contributed by atoms with Crippen molar-refractivity contribution in [3.63, 3.8) is 0 Å². The minimum Gasteiger partial charge on any atom is -0.460 e. The number of esters is 1. The van der Waals surface area contributed by atoms with E-state index in [1.807, 2.05) is 42.5 Å². The van der Waals surface area contributed by atoms with Gasteiger partial charge in [0.15, 0.2) is 11.7 Å². The Bertz CT molecular complexity index is 923. The van der Waals surface area contributed by atoms with Crippen molar-refractivity contribution in [1.82, 2.24) is 10.3 Å². The van der Waals surface area contributed by atoms with Crippen LogP contribution in [0.25, 0.3) is 11.3 Å². The maximum absolute atomic E-state index is 11.9. The second-order valence-corrected chi connectivity index (χ2v) is 6.48. The van der Waals surface area contributed by atoms with Gasteiger partial charge in [0.1, 0.15) is 13.2 Å². The molecular weight excluding hydrogens is 380 g/mol. The Morgan fingerprint density at radius 2 is 1.82 bits per heavy atom. The van der Waals surface area contributed by atoms with E-state index in [9.17, 15) is 9.59 Å². The van der Waals surface area contributed by atoms with Gasteiger partial charge in [-0.1, -0.05) is 41.9 Å². The zero-order valence-corrected chi connectivity index (χ0v) is 15.8.